The van der Waals surface area contributed by atoms with Crippen molar-refractivity contribution in [3.63, 3.8) is 0 Å². The summed E-state index contributed by atoms with van der Waals surface area (Å²) >= 11 is 0. The van der Waals surface area contributed by atoms with Crippen molar-refractivity contribution in [3.8, 4) is 0 Å². The Kier molecular flexibility index (Phi) is 4.21. The third kappa shape index (κ3) is 2.66. The molecule has 2 aromatic rings. The molecule has 3 N–H and O–H groups in total. The van der Waals surface area contributed by atoms with Gasteiger partial charge in [-0.25, -0.2) is 4.79 Å². The summed E-state index contributed by atoms with van der Waals surface area (Å²) in [4.78, 5) is 29.3. The Morgan fingerprint density at radius 1 is 1.26 bits per heavy atom. The van der Waals surface area contributed by atoms with E-state index in [1.807, 2.05) is 29.2 Å². The Morgan fingerprint density at radius 2 is 2.04 bits per heavy atom. The number of aromatic amines is 1. The van der Waals surface area contributed by atoms with Crippen LogP contribution < -0.4 is 11.4 Å². The van der Waals surface area contributed by atoms with Crippen LogP contribution in [0.15, 0.2) is 29.1 Å². The molecule has 4 rings (SSSR count). The topological polar surface area (TPSA) is 84.1 Å². The number of halogens is 1. The summed E-state index contributed by atoms with van der Waals surface area (Å²) < 4.78 is 1.52. The van der Waals surface area contributed by atoms with Crippen LogP contribution in [0.4, 0.5) is 0 Å². The summed E-state index contributed by atoms with van der Waals surface area (Å²) in [6.07, 6.45) is 2.18. The van der Waals surface area contributed by atoms with E-state index in [0.29, 0.717) is 11.8 Å². The van der Waals surface area contributed by atoms with Crippen LogP contribution in [0.2, 0.25) is 0 Å². The van der Waals surface area contributed by atoms with E-state index in [1.54, 1.807) is 0 Å². The molecule has 1 saturated heterocycles. The number of benzene rings is 1. The molecule has 6 nitrogen and oxygen atoms in total. The molecule has 2 aliphatic rings. The third-order valence-electron chi connectivity index (χ3n) is 5.24. The minimum absolute atomic E-state index is 0. The lowest BCUT2D eigenvalue weighted by atomic mass is 9.98. The van der Waals surface area contributed by atoms with Crippen molar-refractivity contribution in [1.29, 1.82) is 0 Å². The molecule has 1 aromatic heterocycles. The summed E-state index contributed by atoms with van der Waals surface area (Å²) in [5.74, 6) is 0.982. The first-order valence-electron chi connectivity index (χ1n) is 7.84. The number of nitrogens with one attached hydrogen (secondary N) is 1. The Hall–Kier alpha value is -1.79. The van der Waals surface area contributed by atoms with E-state index in [4.69, 9.17) is 5.73 Å². The molecule has 7 heteroatoms. The van der Waals surface area contributed by atoms with Crippen molar-refractivity contribution in [3.05, 3.63) is 34.7 Å². The Bertz CT molecular complexity index is 784. The van der Waals surface area contributed by atoms with Crippen LogP contribution in [-0.2, 0) is 11.3 Å². The first-order valence-corrected chi connectivity index (χ1v) is 7.84. The van der Waals surface area contributed by atoms with Crippen molar-refractivity contribution in [2.45, 2.75) is 25.4 Å². The maximum atomic E-state index is 12.6. The summed E-state index contributed by atoms with van der Waals surface area (Å²) in [6.45, 7) is 1.62. The van der Waals surface area contributed by atoms with Gasteiger partial charge in [-0.05, 0) is 36.8 Å². The lowest BCUT2D eigenvalue weighted by Crippen LogP contribution is -2.36. The van der Waals surface area contributed by atoms with E-state index in [2.05, 4.69) is 4.98 Å². The second kappa shape index (κ2) is 6.02. The van der Waals surface area contributed by atoms with Crippen LogP contribution in [0.25, 0.3) is 11.0 Å². The lowest BCUT2D eigenvalue weighted by molar-refractivity contribution is -0.131. The van der Waals surface area contributed by atoms with Crippen molar-refractivity contribution < 1.29 is 4.79 Å². The number of amides is 1. The minimum Gasteiger partial charge on any atom is -0.341 e. The highest BCUT2D eigenvalue weighted by molar-refractivity contribution is 5.85. The fourth-order valence-corrected chi connectivity index (χ4v) is 4.01. The second-order valence-corrected chi connectivity index (χ2v) is 6.50. The normalized spacial score (nSPS) is 26.3. The fourth-order valence-electron chi connectivity index (χ4n) is 4.01. The number of hydrogen-bond donors (Lipinski definition) is 2. The molecule has 1 aliphatic heterocycles. The van der Waals surface area contributed by atoms with E-state index in [0.717, 1.165) is 37.0 Å². The van der Waals surface area contributed by atoms with E-state index in [-0.39, 0.29) is 36.6 Å². The van der Waals surface area contributed by atoms with Gasteiger partial charge in [0.25, 0.3) is 0 Å². The average Bonchev–Trinajstić information content (AvgIpc) is 3.15. The van der Waals surface area contributed by atoms with Crippen LogP contribution >= 0.6 is 12.4 Å². The van der Waals surface area contributed by atoms with Crippen LogP contribution in [-0.4, -0.2) is 39.5 Å². The highest BCUT2D eigenvalue weighted by Gasteiger charge is 2.42. The van der Waals surface area contributed by atoms with Gasteiger partial charge in [0.15, 0.2) is 0 Å². The number of rotatable bonds is 2. The molecule has 0 spiro atoms. The lowest BCUT2D eigenvalue weighted by Gasteiger charge is -2.19. The maximum absolute atomic E-state index is 12.6. The number of likely N-dealkylation sites (tertiary alicyclic amines) is 1. The van der Waals surface area contributed by atoms with Gasteiger partial charge in [0, 0.05) is 19.1 Å². The van der Waals surface area contributed by atoms with E-state index in [9.17, 15) is 9.59 Å². The number of H-pyrrole nitrogens is 1. The minimum atomic E-state index is -0.231. The van der Waals surface area contributed by atoms with Gasteiger partial charge in [-0.1, -0.05) is 12.1 Å². The molecule has 1 saturated carbocycles. The Morgan fingerprint density at radius 3 is 2.83 bits per heavy atom. The van der Waals surface area contributed by atoms with E-state index >= 15 is 0 Å². The predicted octanol–water partition coefficient (Wildman–Crippen LogP) is 0.947. The van der Waals surface area contributed by atoms with Crippen LogP contribution in [0, 0.1) is 11.8 Å². The van der Waals surface area contributed by atoms with Crippen LogP contribution in [0.1, 0.15) is 12.8 Å². The van der Waals surface area contributed by atoms with Gasteiger partial charge in [0.05, 0.1) is 11.0 Å². The molecule has 3 unspecified atom stereocenters. The average molecular weight is 337 g/mol. The van der Waals surface area contributed by atoms with Gasteiger partial charge >= 0.3 is 5.69 Å². The zero-order chi connectivity index (χ0) is 15.3. The molecular weight excluding hydrogens is 316 g/mol. The number of nitrogens with two attached hydrogens (primary N) is 1. The number of carbonyl (C=O) groups excluding carboxylic acids is 1. The molecule has 1 amide bonds. The summed E-state index contributed by atoms with van der Waals surface area (Å²) in [5.41, 5.74) is 7.43. The molecular formula is C16H21ClN4O2. The van der Waals surface area contributed by atoms with Gasteiger partial charge in [-0.2, -0.15) is 0 Å². The number of hydrogen-bond acceptors (Lipinski definition) is 3. The van der Waals surface area contributed by atoms with E-state index in [1.165, 1.54) is 4.57 Å². The van der Waals surface area contributed by atoms with Gasteiger partial charge in [0.2, 0.25) is 5.91 Å². The van der Waals surface area contributed by atoms with Gasteiger partial charge in [-0.15, -0.1) is 12.4 Å². The SMILES string of the molecule is Cl.NC1CCC2CN(C(=O)Cn3c(=O)[nH]c4ccccc43)CC12. The molecule has 0 radical (unpaired) electrons. The molecule has 23 heavy (non-hydrogen) atoms. The van der Waals surface area contributed by atoms with Gasteiger partial charge < -0.3 is 15.6 Å². The van der Waals surface area contributed by atoms with Crippen molar-refractivity contribution in [2.75, 3.05) is 13.1 Å². The second-order valence-electron chi connectivity index (χ2n) is 6.50. The monoisotopic (exact) mass is 336 g/mol. The zero-order valence-electron chi connectivity index (χ0n) is 12.8. The third-order valence-corrected chi connectivity index (χ3v) is 5.24. The number of carbonyl (C=O) groups is 1. The van der Waals surface area contributed by atoms with Crippen LogP contribution in [0.5, 0.6) is 0 Å². The molecule has 2 fully saturated rings. The summed E-state index contributed by atoms with van der Waals surface area (Å²) in [7, 11) is 0. The number of fused-ring (bicyclic) bond motifs is 2. The number of para-hydroxylation sites is 2. The number of aromatic nitrogens is 2. The maximum Gasteiger partial charge on any atom is 0.326 e. The van der Waals surface area contributed by atoms with Gasteiger partial charge in [0.1, 0.15) is 6.54 Å². The fraction of sp³-hybridized carbons (Fsp3) is 0.500. The molecule has 1 aromatic carbocycles. The summed E-state index contributed by atoms with van der Waals surface area (Å²) in [5, 5.41) is 0. The standard InChI is InChI=1S/C16H20N4O2.ClH/c17-12-6-5-10-7-19(8-11(10)12)15(21)9-20-14-4-2-1-3-13(14)18-16(20)22;/h1-4,10-12H,5-9,17H2,(H,18,22);1H. The van der Waals surface area contributed by atoms with Crippen LogP contribution in [0.3, 0.4) is 0 Å². The van der Waals surface area contributed by atoms with Crippen molar-refractivity contribution >= 4 is 29.3 Å². The highest BCUT2D eigenvalue weighted by Crippen LogP contribution is 2.37. The quantitative estimate of drug-likeness (QED) is 0.856. The van der Waals surface area contributed by atoms with Crippen molar-refractivity contribution in [2.24, 2.45) is 17.6 Å². The highest BCUT2D eigenvalue weighted by atomic mass is 35.5. The van der Waals surface area contributed by atoms with Crippen molar-refractivity contribution in [1.82, 2.24) is 14.5 Å². The molecule has 3 atom stereocenters. The molecule has 1 aliphatic carbocycles. The van der Waals surface area contributed by atoms with E-state index < -0.39 is 0 Å². The summed E-state index contributed by atoms with van der Waals surface area (Å²) in [6, 6.07) is 7.66. The molecule has 2 heterocycles. The zero-order valence-corrected chi connectivity index (χ0v) is 13.6. The Balaban J connectivity index is 0.00000156. The first kappa shape index (κ1) is 16.1. The largest absolute Gasteiger partial charge is 0.341 e. The Labute approximate surface area is 140 Å². The number of imidazole rings is 1. The predicted molar refractivity (Wildman–Crippen MR) is 90.6 cm³/mol. The first-order chi connectivity index (χ1) is 10.6. The van der Waals surface area contributed by atoms with Gasteiger partial charge in [-0.3, -0.25) is 9.36 Å². The molecule has 0 bridgehead atoms. The smallest absolute Gasteiger partial charge is 0.326 e. The number of nitrogens with zero attached hydrogens (tertiary/aromatic N) is 2. The molecule has 124 valence electrons.